The van der Waals surface area contributed by atoms with Crippen molar-refractivity contribution >= 4 is 21.8 Å². The van der Waals surface area contributed by atoms with Crippen molar-refractivity contribution in [3.8, 4) is 6.07 Å². The lowest BCUT2D eigenvalue weighted by atomic mass is 10.3. The molecular weight excluding hydrogens is 294 g/mol. The topological polar surface area (TPSA) is 82.8 Å². The highest BCUT2D eigenvalue weighted by molar-refractivity contribution is 7.99. The maximum absolute atomic E-state index is 12.3. The van der Waals surface area contributed by atoms with Gasteiger partial charge in [-0.05, 0) is 37.1 Å². The molecule has 0 saturated heterocycles. The maximum Gasteiger partial charge on any atom is 0.243 e. The molecule has 1 fully saturated rings. The van der Waals surface area contributed by atoms with Crippen LogP contribution in [-0.4, -0.2) is 30.4 Å². The van der Waals surface area contributed by atoms with E-state index < -0.39 is 10.0 Å². The van der Waals surface area contributed by atoms with Gasteiger partial charge in [-0.1, -0.05) is 6.92 Å². The molecule has 2 rings (SSSR count). The van der Waals surface area contributed by atoms with E-state index in [0.717, 1.165) is 25.0 Å². The van der Waals surface area contributed by atoms with Crippen LogP contribution in [0.2, 0.25) is 0 Å². The molecular formula is C13H17N3O2S2. The van der Waals surface area contributed by atoms with E-state index in [-0.39, 0.29) is 16.6 Å². The number of pyridine rings is 1. The van der Waals surface area contributed by atoms with E-state index in [1.807, 2.05) is 17.8 Å². The zero-order chi connectivity index (χ0) is 14.6. The Hall–Kier alpha value is -1.10. The summed E-state index contributed by atoms with van der Waals surface area (Å²) in [5, 5.41) is 9.47. The molecule has 1 aliphatic rings. The van der Waals surface area contributed by atoms with Crippen LogP contribution >= 0.6 is 11.8 Å². The van der Waals surface area contributed by atoms with Gasteiger partial charge in [-0.25, -0.2) is 18.1 Å². The number of rotatable bonds is 5. The van der Waals surface area contributed by atoms with Crippen LogP contribution in [0.4, 0.5) is 0 Å². The van der Waals surface area contributed by atoms with Gasteiger partial charge in [-0.15, -0.1) is 0 Å². The third kappa shape index (κ3) is 3.51. The number of nitrogens with one attached hydrogen (secondary N) is 1. The van der Waals surface area contributed by atoms with Gasteiger partial charge >= 0.3 is 0 Å². The predicted octanol–water partition coefficient (Wildman–Crippen LogP) is 1.91. The zero-order valence-corrected chi connectivity index (χ0v) is 12.9. The van der Waals surface area contributed by atoms with Crippen molar-refractivity contribution in [2.24, 2.45) is 0 Å². The lowest BCUT2D eigenvalue weighted by molar-refractivity contribution is 0.552. The molecule has 1 heterocycles. The first kappa shape index (κ1) is 15.3. The number of aromatic nitrogens is 1. The van der Waals surface area contributed by atoms with Gasteiger partial charge in [0, 0.05) is 17.5 Å². The third-order valence-corrected chi connectivity index (χ3v) is 6.06. The van der Waals surface area contributed by atoms with E-state index >= 15 is 0 Å². The fourth-order valence-corrected chi connectivity index (χ4v) is 4.94. The number of hydrogen-bond donors (Lipinski definition) is 1. The van der Waals surface area contributed by atoms with Gasteiger partial charge in [0.25, 0.3) is 0 Å². The second-order valence-electron chi connectivity index (χ2n) is 4.67. The molecule has 0 radical (unpaired) electrons. The normalized spacial score (nSPS) is 22.6. The van der Waals surface area contributed by atoms with Gasteiger partial charge in [0.05, 0.1) is 0 Å². The van der Waals surface area contributed by atoms with E-state index in [4.69, 9.17) is 5.26 Å². The highest BCUT2D eigenvalue weighted by Gasteiger charge is 2.29. The number of thioether (sulfide) groups is 1. The standard InChI is InChI=1S/C13H17N3O2S2/c1-2-19-11-6-5-10(8-11)16-20(17,18)13-4-3-7-15-12(13)9-14/h3-4,7,10-11,16H,2,5-6,8H2,1H3. The zero-order valence-electron chi connectivity index (χ0n) is 11.2. The highest BCUT2D eigenvalue weighted by atomic mass is 32.2. The third-order valence-electron chi connectivity index (χ3n) is 3.27. The van der Waals surface area contributed by atoms with Gasteiger partial charge in [0.1, 0.15) is 11.0 Å². The second-order valence-corrected chi connectivity index (χ2v) is 7.93. The molecule has 2 unspecified atom stereocenters. The number of nitriles is 1. The van der Waals surface area contributed by atoms with Crippen LogP contribution in [0.1, 0.15) is 31.9 Å². The van der Waals surface area contributed by atoms with Gasteiger partial charge < -0.3 is 0 Å². The Labute approximate surface area is 123 Å². The minimum atomic E-state index is -3.67. The summed E-state index contributed by atoms with van der Waals surface area (Å²) in [5.74, 6) is 1.05. The van der Waals surface area contributed by atoms with Crippen LogP contribution in [-0.2, 0) is 10.0 Å². The molecule has 0 aromatic carbocycles. The average molecular weight is 311 g/mol. The molecule has 1 saturated carbocycles. The van der Waals surface area contributed by atoms with Crippen LogP contribution in [0.3, 0.4) is 0 Å². The monoisotopic (exact) mass is 311 g/mol. The Bertz CT molecular complexity index is 610. The lowest BCUT2D eigenvalue weighted by Crippen LogP contribution is -2.33. The summed E-state index contributed by atoms with van der Waals surface area (Å²) in [6.07, 6.45) is 4.14. The molecule has 1 aliphatic carbocycles. The summed E-state index contributed by atoms with van der Waals surface area (Å²) >= 11 is 1.87. The predicted molar refractivity (Wildman–Crippen MR) is 78.8 cm³/mol. The fraction of sp³-hybridized carbons (Fsp3) is 0.538. The number of sulfonamides is 1. The molecule has 2 atom stereocenters. The minimum Gasteiger partial charge on any atom is -0.244 e. The van der Waals surface area contributed by atoms with Crippen molar-refractivity contribution in [2.45, 2.75) is 42.4 Å². The number of hydrogen-bond acceptors (Lipinski definition) is 5. The maximum atomic E-state index is 12.3. The molecule has 20 heavy (non-hydrogen) atoms. The average Bonchev–Trinajstić information content (AvgIpc) is 2.85. The van der Waals surface area contributed by atoms with Crippen LogP contribution < -0.4 is 4.72 Å². The number of nitrogens with zero attached hydrogens (tertiary/aromatic N) is 2. The fourth-order valence-electron chi connectivity index (χ4n) is 2.41. The molecule has 1 N–H and O–H groups in total. The smallest absolute Gasteiger partial charge is 0.243 e. The quantitative estimate of drug-likeness (QED) is 0.898. The van der Waals surface area contributed by atoms with Crippen molar-refractivity contribution in [1.29, 1.82) is 5.26 Å². The Morgan fingerprint density at radius 3 is 3.05 bits per heavy atom. The molecule has 108 valence electrons. The molecule has 1 aromatic rings. The van der Waals surface area contributed by atoms with Gasteiger partial charge in [0.2, 0.25) is 10.0 Å². The Morgan fingerprint density at radius 2 is 2.35 bits per heavy atom. The molecule has 0 bridgehead atoms. The summed E-state index contributed by atoms with van der Waals surface area (Å²) in [4.78, 5) is 3.76. The van der Waals surface area contributed by atoms with Crippen molar-refractivity contribution in [2.75, 3.05) is 5.75 Å². The summed E-state index contributed by atoms with van der Waals surface area (Å²) in [6, 6.07) is 4.72. The summed E-state index contributed by atoms with van der Waals surface area (Å²) in [7, 11) is -3.67. The van der Waals surface area contributed by atoms with E-state index in [9.17, 15) is 8.42 Å². The van der Waals surface area contributed by atoms with E-state index in [0.29, 0.717) is 5.25 Å². The SMILES string of the molecule is CCSC1CCC(NS(=O)(=O)c2cccnc2C#N)C1. The Balaban J connectivity index is 2.11. The van der Waals surface area contributed by atoms with Crippen molar-refractivity contribution in [1.82, 2.24) is 9.71 Å². The van der Waals surface area contributed by atoms with E-state index in [1.54, 1.807) is 0 Å². The molecule has 7 heteroatoms. The highest BCUT2D eigenvalue weighted by Crippen LogP contribution is 2.30. The van der Waals surface area contributed by atoms with Gasteiger partial charge in [-0.3, -0.25) is 0 Å². The molecule has 0 spiro atoms. The van der Waals surface area contributed by atoms with Gasteiger partial charge in [-0.2, -0.15) is 17.0 Å². The van der Waals surface area contributed by atoms with Crippen molar-refractivity contribution in [3.63, 3.8) is 0 Å². The first-order chi connectivity index (χ1) is 9.56. The van der Waals surface area contributed by atoms with Crippen LogP contribution in [0.5, 0.6) is 0 Å². The Morgan fingerprint density at radius 1 is 1.55 bits per heavy atom. The second kappa shape index (κ2) is 6.57. The Kier molecular flexibility index (Phi) is 5.02. The molecule has 1 aromatic heterocycles. The molecule has 5 nitrogen and oxygen atoms in total. The first-order valence-electron chi connectivity index (χ1n) is 6.56. The largest absolute Gasteiger partial charge is 0.244 e. The minimum absolute atomic E-state index is 0.0332. The van der Waals surface area contributed by atoms with Crippen LogP contribution in [0, 0.1) is 11.3 Å². The summed E-state index contributed by atoms with van der Waals surface area (Å²) < 4.78 is 27.3. The lowest BCUT2D eigenvalue weighted by Gasteiger charge is -2.13. The van der Waals surface area contributed by atoms with Crippen molar-refractivity contribution < 1.29 is 8.42 Å². The first-order valence-corrected chi connectivity index (χ1v) is 9.09. The molecule has 0 aliphatic heterocycles. The summed E-state index contributed by atoms with van der Waals surface area (Å²) in [5.41, 5.74) is -0.0579. The van der Waals surface area contributed by atoms with Crippen LogP contribution in [0.15, 0.2) is 23.2 Å². The molecule has 0 amide bonds. The van der Waals surface area contributed by atoms with Crippen LogP contribution in [0.25, 0.3) is 0 Å². The van der Waals surface area contributed by atoms with E-state index in [2.05, 4.69) is 16.6 Å². The summed E-state index contributed by atoms with van der Waals surface area (Å²) in [6.45, 7) is 2.11. The van der Waals surface area contributed by atoms with E-state index in [1.165, 1.54) is 18.3 Å². The van der Waals surface area contributed by atoms with Crippen molar-refractivity contribution in [3.05, 3.63) is 24.0 Å². The van der Waals surface area contributed by atoms with Gasteiger partial charge in [0.15, 0.2) is 5.69 Å².